The lowest BCUT2D eigenvalue weighted by Crippen LogP contribution is -2.57. The predicted octanol–water partition coefficient (Wildman–Crippen LogP) is -0.305. The lowest BCUT2D eigenvalue weighted by Gasteiger charge is -2.31. The second-order valence-electron chi connectivity index (χ2n) is 4.75. The van der Waals surface area contributed by atoms with Crippen LogP contribution in [-0.4, -0.2) is 55.2 Å². The molecule has 0 aliphatic carbocycles. The first-order valence-electron chi connectivity index (χ1n) is 5.97. The van der Waals surface area contributed by atoms with E-state index in [-0.39, 0.29) is 18.0 Å². The Morgan fingerprint density at radius 2 is 2.29 bits per heavy atom. The average Bonchev–Trinajstić information content (AvgIpc) is 2.55. The zero-order chi connectivity index (χ0) is 12.5. The second kappa shape index (κ2) is 4.62. The molecule has 2 rings (SSSR count). The number of hydrogen-bond acceptors (Lipinski definition) is 4. The highest BCUT2D eigenvalue weighted by Gasteiger charge is 2.51. The molecule has 0 aromatic rings. The summed E-state index contributed by atoms with van der Waals surface area (Å²) in [4.78, 5) is 25.4. The van der Waals surface area contributed by atoms with E-state index >= 15 is 0 Å². The maximum atomic E-state index is 12.3. The maximum absolute atomic E-state index is 12.3. The zero-order valence-electron chi connectivity index (χ0n) is 10.3. The molecule has 3 amide bonds. The van der Waals surface area contributed by atoms with E-state index in [1.54, 1.807) is 7.11 Å². The fraction of sp³-hybridized carbons (Fsp3) is 0.818. The van der Waals surface area contributed by atoms with Gasteiger partial charge in [0, 0.05) is 13.7 Å². The van der Waals surface area contributed by atoms with Crippen LogP contribution < -0.4 is 10.6 Å². The van der Waals surface area contributed by atoms with Crippen molar-refractivity contribution in [2.24, 2.45) is 0 Å². The van der Waals surface area contributed by atoms with Crippen LogP contribution in [-0.2, 0) is 9.53 Å². The van der Waals surface area contributed by atoms with Crippen LogP contribution in [0.25, 0.3) is 0 Å². The Hall–Kier alpha value is -1.14. The van der Waals surface area contributed by atoms with Gasteiger partial charge in [-0.2, -0.15) is 0 Å². The van der Waals surface area contributed by atoms with Crippen molar-refractivity contribution in [2.45, 2.75) is 31.4 Å². The topological polar surface area (TPSA) is 70.7 Å². The summed E-state index contributed by atoms with van der Waals surface area (Å²) in [6.45, 7) is 3.57. The number of hydrogen-bond donors (Lipinski definition) is 2. The van der Waals surface area contributed by atoms with E-state index in [2.05, 4.69) is 10.6 Å². The summed E-state index contributed by atoms with van der Waals surface area (Å²) in [5.74, 6) is -0.126. The van der Waals surface area contributed by atoms with E-state index in [4.69, 9.17) is 4.74 Å². The number of amides is 3. The first-order chi connectivity index (χ1) is 8.09. The van der Waals surface area contributed by atoms with Crippen LogP contribution >= 0.6 is 0 Å². The van der Waals surface area contributed by atoms with Crippen LogP contribution in [0.3, 0.4) is 0 Å². The summed E-state index contributed by atoms with van der Waals surface area (Å²) in [5, 5.41) is 5.98. The van der Waals surface area contributed by atoms with Crippen molar-refractivity contribution in [3.63, 3.8) is 0 Å². The van der Waals surface area contributed by atoms with Gasteiger partial charge in [-0.25, -0.2) is 4.79 Å². The Labute approximate surface area is 101 Å². The Morgan fingerprint density at radius 3 is 2.88 bits per heavy atom. The van der Waals surface area contributed by atoms with Gasteiger partial charge in [0.25, 0.3) is 5.91 Å². The lowest BCUT2D eigenvalue weighted by atomic mass is 9.90. The molecule has 2 aliphatic rings. The third kappa shape index (κ3) is 2.14. The van der Waals surface area contributed by atoms with E-state index < -0.39 is 5.54 Å². The van der Waals surface area contributed by atoms with E-state index in [0.29, 0.717) is 19.5 Å². The summed E-state index contributed by atoms with van der Waals surface area (Å²) in [7, 11) is 1.57. The van der Waals surface area contributed by atoms with Crippen LogP contribution in [0, 0.1) is 0 Å². The highest BCUT2D eigenvalue weighted by molar-refractivity contribution is 6.07. The van der Waals surface area contributed by atoms with Gasteiger partial charge >= 0.3 is 6.03 Å². The smallest absolute Gasteiger partial charge is 0.325 e. The number of nitrogens with one attached hydrogen (secondary N) is 2. The van der Waals surface area contributed by atoms with Crippen LogP contribution in [0.5, 0.6) is 0 Å². The number of imide groups is 1. The van der Waals surface area contributed by atoms with Crippen LogP contribution in [0.15, 0.2) is 0 Å². The number of piperidine rings is 1. The SMILES string of the molecule is COC(C)CN1C(=O)NC2(CCCNC2)C1=O. The zero-order valence-corrected chi connectivity index (χ0v) is 10.3. The summed E-state index contributed by atoms with van der Waals surface area (Å²) < 4.78 is 5.10. The Kier molecular flexibility index (Phi) is 3.35. The van der Waals surface area contributed by atoms with Crippen molar-refractivity contribution in [2.75, 3.05) is 26.7 Å². The quantitative estimate of drug-likeness (QED) is 0.665. The Balaban J connectivity index is 2.10. The molecule has 17 heavy (non-hydrogen) atoms. The summed E-state index contributed by atoms with van der Waals surface area (Å²) >= 11 is 0. The molecule has 0 radical (unpaired) electrons. The first kappa shape index (κ1) is 12.3. The number of carbonyl (C=O) groups is 2. The van der Waals surface area contributed by atoms with Crippen LogP contribution in [0.2, 0.25) is 0 Å². The molecular formula is C11H19N3O3. The molecule has 0 aromatic heterocycles. The molecule has 2 atom stereocenters. The Morgan fingerprint density at radius 1 is 1.53 bits per heavy atom. The van der Waals surface area contributed by atoms with Crippen LogP contribution in [0.1, 0.15) is 19.8 Å². The molecule has 0 aromatic carbocycles. The van der Waals surface area contributed by atoms with Gasteiger partial charge in [-0.1, -0.05) is 0 Å². The van der Waals surface area contributed by atoms with Gasteiger partial charge in [0.1, 0.15) is 5.54 Å². The minimum absolute atomic E-state index is 0.126. The fourth-order valence-electron chi connectivity index (χ4n) is 2.37. The van der Waals surface area contributed by atoms with Crippen molar-refractivity contribution in [3.8, 4) is 0 Å². The van der Waals surface area contributed by atoms with Crippen molar-refractivity contribution >= 4 is 11.9 Å². The standard InChI is InChI=1S/C11H19N3O3/c1-8(17-2)6-14-9(15)11(13-10(14)16)4-3-5-12-7-11/h8,12H,3-7H2,1-2H3,(H,13,16). The van der Waals surface area contributed by atoms with Gasteiger partial charge in [-0.3, -0.25) is 9.69 Å². The summed E-state index contributed by atoms with van der Waals surface area (Å²) in [5.41, 5.74) is -0.719. The summed E-state index contributed by atoms with van der Waals surface area (Å²) in [6.07, 6.45) is 1.47. The normalized spacial score (nSPS) is 30.8. The molecule has 6 heteroatoms. The van der Waals surface area contributed by atoms with E-state index in [1.807, 2.05) is 6.92 Å². The molecule has 2 fully saturated rings. The van der Waals surface area contributed by atoms with Gasteiger partial charge < -0.3 is 15.4 Å². The molecule has 0 saturated carbocycles. The van der Waals surface area contributed by atoms with Gasteiger partial charge in [0.15, 0.2) is 0 Å². The highest BCUT2D eigenvalue weighted by Crippen LogP contribution is 2.25. The van der Waals surface area contributed by atoms with Gasteiger partial charge in [-0.05, 0) is 26.3 Å². The van der Waals surface area contributed by atoms with Gasteiger partial charge in [0.05, 0.1) is 12.6 Å². The molecule has 2 N–H and O–H groups in total. The molecule has 6 nitrogen and oxygen atoms in total. The molecule has 2 saturated heterocycles. The van der Waals surface area contributed by atoms with Gasteiger partial charge in [-0.15, -0.1) is 0 Å². The van der Waals surface area contributed by atoms with Crippen molar-refractivity contribution in [1.82, 2.24) is 15.5 Å². The summed E-state index contributed by atoms with van der Waals surface area (Å²) in [6, 6.07) is -0.303. The third-order valence-electron chi connectivity index (χ3n) is 3.47. The number of ether oxygens (including phenoxy) is 1. The minimum Gasteiger partial charge on any atom is -0.380 e. The second-order valence-corrected chi connectivity index (χ2v) is 4.75. The molecule has 0 bridgehead atoms. The third-order valence-corrected chi connectivity index (χ3v) is 3.47. The number of carbonyl (C=O) groups excluding carboxylic acids is 2. The first-order valence-corrected chi connectivity index (χ1v) is 5.97. The number of nitrogens with zero attached hydrogens (tertiary/aromatic N) is 1. The van der Waals surface area contributed by atoms with E-state index in [0.717, 1.165) is 13.0 Å². The number of rotatable bonds is 3. The predicted molar refractivity (Wildman–Crippen MR) is 61.6 cm³/mol. The number of urea groups is 1. The van der Waals surface area contributed by atoms with E-state index in [1.165, 1.54) is 4.90 Å². The largest absolute Gasteiger partial charge is 0.380 e. The maximum Gasteiger partial charge on any atom is 0.325 e. The van der Waals surface area contributed by atoms with Crippen LogP contribution in [0.4, 0.5) is 4.79 Å². The molecule has 2 aliphatic heterocycles. The highest BCUT2D eigenvalue weighted by atomic mass is 16.5. The van der Waals surface area contributed by atoms with Crippen molar-refractivity contribution < 1.29 is 14.3 Å². The minimum atomic E-state index is -0.719. The number of methoxy groups -OCH3 is 1. The molecular weight excluding hydrogens is 222 g/mol. The van der Waals surface area contributed by atoms with Crippen molar-refractivity contribution in [1.29, 1.82) is 0 Å². The average molecular weight is 241 g/mol. The molecule has 2 unspecified atom stereocenters. The Bertz CT molecular complexity index is 326. The lowest BCUT2D eigenvalue weighted by molar-refractivity contribution is -0.132. The van der Waals surface area contributed by atoms with Crippen molar-refractivity contribution in [3.05, 3.63) is 0 Å². The molecule has 2 heterocycles. The molecule has 1 spiro atoms. The van der Waals surface area contributed by atoms with E-state index in [9.17, 15) is 9.59 Å². The fourth-order valence-corrected chi connectivity index (χ4v) is 2.37. The monoisotopic (exact) mass is 241 g/mol. The van der Waals surface area contributed by atoms with Gasteiger partial charge in [0.2, 0.25) is 0 Å². The molecule has 96 valence electrons.